The lowest BCUT2D eigenvalue weighted by atomic mass is 10.2. The van der Waals surface area contributed by atoms with Crippen molar-refractivity contribution in [2.45, 2.75) is 25.7 Å². The summed E-state index contributed by atoms with van der Waals surface area (Å²) in [6.07, 6.45) is 5.73. The number of nitrogens with zero attached hydrogens (tertiary/aromatic N) is 1. The summed E-state index contributed by atoms with van der Waals surface area (Å²) in [5, 5.41) is 0. The van der Waals surface area contributed by atoms with E-state index in [9.17, 15) is 0 Å². The number of hydrogen-bond acceptors (Lipinski definition) is 1. The maximum atomic E-state index is 3.81. The molecule has 0 saturated carbocycles. The summed E-state index contributed by atoms with van der Waals surface area (Å²) in [7, 11) is -0.0491. The van der Waals surface area contributed by atoms with Gasteiger partial charge in [0.05, 0.1) is 0 Å². The molecule has 0 aromatic carbocycles. The molecule has 0 aromatic heterocycles. The van der Waals surface area contributed by atoms with Crippen LogP contribution in [0.5, 0.6) is 0 Å². The Labute approximate surface area is 66.0 Å². The van der Waals surface area contributed by atoms with Gasteiger partial charge in [-0.05, 0) is 25.9 Å². The Hall–Kier alpha value is -0.0831. The summed E-state index contributed by atoms with van der Waals surface area (Å²) in [6.45, 7) is 6.50. The van der Waals surface area contributed by atoms with Gasteiger partial charge in [-0.3, -0.25) is 0 Å². The van der Waals surface area contributed by atoms with Crippen LogP contribution in [-0.4, -0.2) is 27.3 Å². The topological polar surface area (TPSA) is 3.24 Å². The predicted octanol–water partition coefficient (Wildman–Crippen LogP) is 1.09. The van der Waals surface area contributed by atoms with Crippen LogP contribution in [0, 0.1) is 0 Å². The summed E-state index contributed by atoms with van der Waals surface area (Å²) in [5.41, 5.74) is 2.14. The van der Waals surface area contributed by atoms with Crippen LogP contribution in [0.3, 0.4) is 0 Å². The average Bonchev–Trinajstić information content (AvgIpc) is 2.17. The van der Waals surface area contributed by atoms with Crippen LogP contribution in [0.2, 0.25) is 0 Å². The van der Waals surface area contributed by atoms with Crippen molar-refractivity contribution in [1.29, 1.82) is 0 Å². The smallest absolute Gasteiger partial charge is 0.119 e. The second kappa shape index (κ2) is 4.69. The van der Waals surface area contributed by atoms with E-state index in [1.54, 1.807) is 0 Å². The molecule has 0 radical (unpaired) electrons. The zero-order valence-electron chi connectivity index (χ0n) is 6.68. The molecule has 1 heterocycles. The van der Waals surface area contributed by atoms with Crippen LogP contribution in [0.4, 0.5) is 0 Å². The molecule has 10 heavy (non-hydrogen) atoms. The van der Waals surface area contributed by atoms with Crippen molar-refractivity contribution >= 4 is 9.68 Å². The molecular weight excluding hydrogens is 138 g/mol. The minimum absolute atomic E-state index is 0.0491. The van der Waals surface area contributed by atoms with Gasteiger partial charge < -0.3 is 4.57 Å². The first-order valence-electron chi connectivity index (χ1n) is 4.27. The van der Waals surface area contributed by atoms with Gasteiger partial charge in [0, 0.05) is 0 Å². The fourth-order valence-electron chi connectivity index (χ4n) is 1.50. The van der Waals surface area contributed by atoms with Crippen LogP contribution in [0.15, 0.2) is 12.3 Å². The molecule has 0 bridgehead atoms. The van der Waals surface area contributed by atoms with Crippen LogP contribution >= 0.6 is 0 Å². The fraction of sp³-hybridized carbons (Fsp3) is 0.750. The molecule has 1 rings (SSSR count). The number of hydrogen-bond donors (Lipinski definition) is 0. The van der Waals surface area contributed by atoms with Crippen LogP contribution in [0.1, 0.15) is 25.7 Å². The van der Waals surface area contributed by atoms with E-state index >= 15 is 0 Å². The summed E-state index contributed by atoms with van der Waals surface area (Å²) in [6, 6.07) is 0. The molecular formula is C8H17NSi. The van der Waals surface area contributed by atoms with E-state index < -0.39 is 0 Å². The van der Waals surface area contributed by atoms with Crippen LogP contribution in [-0.2, 0) is 0 Å². The maximum absolute atomic E-state index is 3.81. The lowest BCUT2D eigenvalue weighted by molar-refractivity contribution is 0.464. The van der Waals surface area contributed by atoms with Crippen molar-refractivity contribution in [2.75, 3.05) is 13.1 Å². The Morgan fingerprint density at radius 1 is 1.10 bits per heavy atom. The molecule has 1 saturated heterocycles. The predicted molar refractivity (Wildman–Crippen MR) is 48.8 cm³/mol. The third kappa shape index (κ3) is 2.67. The van der Waals surface area contributed by atoms with Crippen molar-refractivity contribution in [3.63, 3.8) is 0 Å². The van der Waals surface area contributed by atoms with Crippen molar-refractivity contribution in [1.82, 2.24) is 4.57 Å². The van der Waals surface area contributed by atoms with E-state index in [0.29, 0.717) is 0 Å². The lowest BCUT2D eigenvalue weighted by Crippen LogP contribution is -2.27. The Bertz CT molecular complexity index is 95.4. The van der Waals surface area contributed by atoms with Gasteiger partial charge in [0.25, 0.3) is 0 Å². The standard InChI is InChI=1S/C8H17NSi/c1-2-10-9-7-5-3-4-6-8-9/h2H,1,3-8,10H2. The SMILES string of the molecule is C=C[SiH2]N1CCCCCC1. The molecule has 0 aromatic rings. The first-order chi connectivity index (χ1) is 4.93. The van der Waals surface area contributed by atoms with Crippen molar-refractivity contribution in [2.24, 2.45) is 0 Å². The normalized spacial score (nSPS) is 23.2. The maximum Gasteiger partial charge on any atom is 0.119 e. The Morgan fingerprint density at radius 2 is 1.70 bits per heavy atom. The molecule has 0 aliphatic carbocycles. The highest BCUT2D eigenvalue weighted by Crippen LogP contribution is 2.07. The molecule has 0 N–H and O–H groups in total. The van der Waals surface area contributed by atoms with Gasteiger partial charge >= 0.3 is 0 Å². The van der Waals surface area contributed by atoms with Crippen molar-refractivity contribution in [3.8, 4) is 0 Å². The molecule has 2 heteroatoms. The lowest BCUT2D eigenvalue weighted by Gasteiger charge is -2.16. The van der Waals surface area contributed by atoms with Gasteiger partial charge in [-0.2, -0.15) is 0 Å². The molecule has 1 aliphatic rings. The summed E-state index contributed by atoms with van der Waals surface area (Å²) < 4.78 is 2.62. The summed E-state index contributed by atoms with van der Waals surface area (Å²) in [5.74, 6) is 0. The zero-order valence-corrected chi connectivity index (χ0v) is 8.10. The molecule has 0 unspecified atom stereocenters. The highest BCUT2D eigenvalue weighted by molar-refractivity contribution is 6.38. The first kappa shape index (κ1) is 8.02. The van der Waals surface area contributed by atoms with E-state index in [2.05, 4.69) is 16.8 Å². The van der Waals surface area contributed by atoms with E-state index in [-0.39, 0.29) is 9.68 Å². The van der Waals surface area contributed by atoms with Crippen LogP contribution in [0.25, 0.3) is 0 Å². The Balaban J connectivity index is 2.21. The van der Waals surface area contributed by atoms with E-state index in [4.69, 9.17) is 0 Å². The van der Waals surface area contributed by atoms with Gasteiger partial charge in [-0.25, -0.2) is 0 Å². The fourth-order valence-corrected chi connectivity index (χ4v) is 2.68. The molecule has 0 atom stereocenters. The highest BCUT2D eigenvalue weighted by atomic mass is 28.2. The average molecular weight is 155 g/mol. The van der Waals surface area contributed by atoms with Crippen molar-refractivity contribution < 1.29 is 0 Å². The molecule has 58 valence electrons. The zero-order chi connectivity index (χ0) is 7.23. The second-order valence-corrected chi connectivity index (χ2v) is 4.84. The Kier molecular flexibility index (Phi) is 3.76. The molecule has 1 fully saturated rings. The quantitative estimate of drug-likeness (QED) is 0.540. The third-order valence-electron chi connectivity index (χ3n) is 2.09. The van der Waals surface area contributed by atoms with Crippen LogP contribution < -0.4 is 0 Å². The van der Waals surface area contributed by atoms with E-state index in [1.165, 1.54) is 38.8 Å². The van der Waals surface area contributed by atoms with Gasteiger partial charge in [0.15, 0.2) is 0 Å². The van der Waals surface area contributed by atoms with Gasteiger partial charge in [0.2, 0.25) is 0 Å². The molecule has 1 nitrogen and oxygen atoms in total. The molecule has 0 spiro atoms. The molecule has 1 aliphatic heterocycles. The van der Waals surface area contributed by atoms with Gasteiger partial charge in [-0.1, -0.05) is 18.5 Å². The van der Waals surface area contributed by atoms with Gasteiger partial charge in [0.1, 0.15) is 9.68 Å². The van der Waals surface area contributed by atoms with Gasteiger partial charge in [-0.15, -0.1) is 6.58 Å². The minimum Gasteiger partial charge on any atom is -0.325 e. The molecule has 0 amide bonds. The largest absolute Gasteiger partial charge is 0.325 e. The Morgan fingerprint density at radius 3 is 2.20 bits per heavy atom. The van der Waals surface area contributed by atoms with E-state index in [0.717, 1.165) is 0 Å². The minimum atomic E-state index is -0.0491. The monoisotopic (exact) mass is 155 g/mol. The summed E-state index contributed by atoms with van der Waals surface area (Å²) in [4.78, 5) is 0. The third-order valence-corrected chi connectivity index (χ3v) is 3.49. The summed E-state index contributed by atoms with van der Waals surface area (Å²) >= 11 is 0. The van der Waals surface area contributed by atoms with Crippen molar-refractivity contribution in [3.05, 3.63) is 12.3 Å². The highest BCUT2D eigenvalue weighted by Gasteiger charge is 2.05. The first-order valence-corrected chi connectivity index (χ1v) is 5.71. The second-order valence-electron chi connectivity index (χ2n) is 3.00. The number of rotatable bonds is 2. The van der Waals surface area contributed by atoms with E-state index in [1.807, 2.05) is 0 Å².